The first kappa shape index (κ1) is 14.3. The highest BCUT2D eigenvalue weighted by Crippen LogP contribution is 2.37. The molecule has 3 aromatic rings. The molecule has 5 heteroatoms. The normalized spacial score (nSPS) is 10.7. The van der Waals surface area contributed by atoms with Crippen LogP contribution in [0.3, 0.4) is 0 Å². The Bertz CT molecular complexity index is 798. The first-order valence-electron chi connectivity index (χ1n) is 6.74. The van der Waals surface area contributed by atoms with Crippen molar-refractivity contribution < 1.29 is 18.8 Å². The summed E-state index contributed by atoms with van der Waals surface area (Å²) in [6.45, 7) is -0.319. The Morgan fingerprint density at radius 1 is 1.09 bits per heavy atom. The van der Waals surface area contributed by atoms with Gasteiger partial charge in [-0.25, -0.2) is 4.39 Å². The van der Waals surface area contributed by atoms with E-state index in [9.17, 15) is 9.50 Å². The fourth-order valence-electron chi connectivity index (χ4n) is 2.36. The average molecular weight is 299 g/mol. The number of hydrogen-bond donors (Lipinski definition) is 1. The molecule has 2 aromatic carbocycles. The molecule has 0 radical (unpaired) electrons. The largest absolute Gasteiger partial charge is 0.496 e. The second-order valence-corrected chi connectivity index (χ2v) is 4.68. The maximum absolute atomic E-state index is 14.0. The quantitative estimate of drug-likeness (QED) is 0.799. The number of hydrogen-bond acceptors (Lipinski definition) is 4. The molecule has 0 saturated carbocycles. The Morgan fingerprint density at radius 2 is 1.77 bits per heavy atom. The van der Waals surface area contributed by atoms with Gasteiger partial charge in [0, 0.05) is 5.56 Å². The van der Waals surface area contributed by atoms with Crippen LogP contribution in [0.15, 0.2) is 53.1 Å². The number of para-hydroxylation sites is 1. The van der Waals surface area contributed by atoms with E-state index in [1.54, 1.807) is 37.4 Å². The molecule has 0 atom stereocenters. The molecule has 22 heavy (non-hydrogen) atoms. The van der Waals surface area contributed by atoms with Crippen molar-refractivity contribution in [1.29, 1.82) is 0 Å². The topological polar surface area (TPSA) is 55.5 Å². The zero-order valence-electron chi connectivity index (χ0n) is 11.9. The molecule has 0 unspecified atom stereocenters. The Kier molecular flexibility index (Phi) is 3.89. The summed E-state index contributed by atoms with van der Waals surface area (Å²) in [4.78, 5) is 0. The summed E-state index contributed by atoms with van der Waals surface area (Å²) in [7, 11) is 1.55. The van der Waals surface area contributed by atoms with Gasteiger partial charge in [-0.1, -0.05) is 29.4 Å². The minimum atomic E-state index is -0.431. The van der Waals surface area contributed by atoms with Gasteiger partial charge in [-0.15, -0.1) is 0 Å². The van der Waals surface area contributed by atoms with E-state index in [2.05, 4.69) is 5.16 Å². The van der Waals surface area contributed by atoms with Crippen molar-refractivity contribution in [1.82, 2.24) is 5.16 Å². The standard InChI is InChI=1S/C17H14FNO3/c1-21-15-9-5-3-7-12(15)16-13(10-20)17(22-19-16)11-6-2-4-8-14(11)18/h2-9,20H,10H2,1H3. The molecular formula is C17H14FNO3. The number of aromatic nitrogens is 1. The van der Waals surface area contributed by atoms with E-state index < -0.39 is 5.82 Å². The fraction of sp³-hybridized carbons (Fsp3) is 0.118. The molecule has 1 heterocycles. The van der Waals surface area contributed by atoms with Crippen molar-refractivity contribution >= 4 is 0 Å². The van der Waals surface area contributed by atoms with Crippen LogP contribution in [0, 0.1) is 5.82 Å². The van der Waals surface area contributed by atoms with Crippen LogP contribution in [0.4, 0.5) is 4.39 Å². The van der Waals surface area contributed by atoms with Gasteiger partial charge in [-0.2, -0.15) is 0 Å². The molecular weight excluding hydrogens is 285 g/mol. The summed E-state index contributed by atoms with van der Waals surface area (Å²) in [5, 5.41) is 13.7. The molecule has 1 N–H and O–H groups in total. The minimum Gasteiger partial charge on any atom is -0.496 e. The van der Waals surface area contributed by atoms with E-state index in [0.717, 1.165) is 0 Å². The molecule has 0 fully saturated rings. The summed E-state index contributed by atoms with van der Waals surface area (Å²) in [5.74, 6) is 0.395. The molecule has 0 aliphatic carbocycles. The van der Waals surface area contributed by atoms with Gasteiger partial charge in [0.25, 0.3) is 0 Å². The minimum absolute atomic E-state index is 0.224. The lowest BCUT2D eigenvalue weighted by Crippen LogP contribution is -1.93. The van der Waals surface area contributed by atoms with Gasteiger partial charge in [0.2, 0.25) is 0 Å². The van der Waals surface area contributed by atoms with E-state index in [1.165, 1.54) is 6.07 Å². The SMILES string of the molecule is COc1ccccc1-c1noc(-c2ccccc2F)c1CO. The van der Waals surface area contributed by atoms with Crippen LogP contribution in [0.25, 0.3) is 22.6 Å². The van der Waals surface area contributed by atoms with E-state index in [-0.39, 0.29) is 17.9 Å². The zero-order valence-corrected chi connectivity index (χ0v) is 11.9. The predicted octanol–water partition coefficient (Wildman–Crippen LogP) is 3.65. The smallest absolute Gasteiger partial charge is 0.175 e. The van der Waals surface area contributed by atoms with Gasteiger partial charge < -0.3 is 14.4 Å². The number of methoxy groups -OCH3 is 1. The van der Waals surface area contributed by atoms with Gasteiger partial charge >= 0.3 is 0 Å². The lowest BCUT2D eigenvalue weighted by Gasteiger charge is -2.06. The lowest BCUT2D eigenvalue weighted by atomic mass is 10.0. The summed E-state index contributed by atoms with van der Waals surface area (Å²) >= 11 is 0. The molecule has 3 rings (SSSR count). The Hall–Kier alpha value is -2.66. The Labute approximate surface area is 126 Å². The number of benzene rings is 2. The number of rotatable bonds is 4. The van der Waals surface area contributed by atoms with Crippen LogP contribution in [0.1, 0.15) is 5.56 Å². The van der Waals surface area contributed by atoms with E-state index in [1.807, 2.05) is 12.1 Å². The maximum Gasteiger partial charge on any atom is 0.175 e. The highest BCUT2D eigenvalue weighted by atomic mass is 19.1. The van der Waals surface area contributed by atoms with E-state index >= 15 is 0 Å². The Balaban J connectivity index is 2.18. The van der Waals surface area contributed by atoms with Crippen molar-refractivity contribution in [3.8, 4) is 28.3 Å². The fourth-order valence-corrected chi connectivity index (χ4v) is 2.36. The molecule has 112 valence electrons. The van der Waals surface area contributed by atoms with Gasteiger partial charge in [0.15, 0.2) is 5.76 Å². The highest BCUT2D eigenvalue weighted by molar-refractivity contribution is 5.76. The molecule has 0 bridgehead atoms. The first-order valence-corrected chi connectivity index (χ1v) is 6.74. The Morgan fingerprint density at radius 3 is 2.45 bits per heavy atom. The number of aliphatic hydroxyl groups excluding tert-OH is 1. The second kappa shape index (κ2) is 5.99. The van der Waals surface area contributed by atoms with Crippen molar-refractivity contribution in [2.75, 3.05) is 7.11 Å². The molecule has 1 aromatic heterocycles. The predicted molar refractivity (Wildman–Crippen MR) is 79.8 cm³/mol. The van der Waals surface area contributed by atoms with Crippen LogP contribution in [0.2, 0.25) is 0 Å². The third-order valence-electron chi connectivity index (χ3n) is 3.43. The first-order chi connectivity index (χ1) is 10.8. The lowest BCUT2D eigenvalue weighted by molar-refractivity contribution is 0.281. The van der Waals surface area contributed by atoms with Crippen LogP contribution >= 0.6 is 0 Å². The summed E-state index contributed by atoms with van der Waals surface area (Å²) in [6, 6.07) is 13.5. The van der Waals surface area contributed by atoms with Crippen molar-refractivity contribution in [3.63, 3.8) is 0 Å². The molecule has 0 aliphatic heterocycles. The van der Waals surface area contributed by atoms with Gasteiger partial charge in [0.05, 0.1) is 24.8 Å². The third kappa shape index (κ3) is 2.35. The highest BCUT2D eigenvalue weighted by Gasteiger charge is 2.22. The molecule has 4 nitrogen and oxygen atoms in total. The summed E-state index contributed by atoms with van der Waals surface area (Å²) in [6.07, 6.45) is 0. The van der Waals surface area contributed by atoms with Crippen LogP contribution in [0.5, 0.6) is 5.75 Å². The van der Waals surface area contributed by atoms with Gasteiger partial charge in [0.1, 0.15) is 17.3 Å². The number of ether oxygens (including phenoxy) is 1. The van der Waals surface area contributed by atoms with Gasteiger partial charge in [-0.3, -0.25) is 0 Å². The molecule has 0 spiro atoms. The summed E-state index contributed by atoms with van der Waals surface area (Å²) in [5.41, 5.74) is 1.81. The average Bonchev–Trinajstić information content (AvgIpc) is 2.98. The van der Waals surface area contributed by atoms with E-state index in [0.29, 0.717) is 22.6 Å². The van der Waals surface area contributed by atoms with Crippen LogP contribution in [-0.4, -0.2) is 17.4 Å². The summed E-state index contributed by atoms with van der Waals surface area (Å²) < 4.78 is 24.6. The number of halogens is 1. The van der Waals surface area contributed by atoms with Crippen molar-refractivity contribution in [2.45, 2.75) is 6.61 Å². The van der Waals surface area contributed by atoms with Crippen molar-refractivity contribution in [2.24, 2.45) is 0 Å². The van der Waals surface area contributed by atoms with Crippen LogP contribution in [-0.2, 0) is 6.61 Å². The van der Waals surface area contributed by atoms with E-state index in [4.69, 9.17) is 9.26 Å². The number of nitrogens with zero attached hydrogens (tertiary/aromatic N) is 1. The zero-order chi connectivity index (χ0) is 15.5. The second-order valence-electron chi connectivity index (χ2n) is 4.68. The molecule has 0 amide bonds. The monoisotopic (exact) mass is 299 g/mol. The third-order valence-corrected chi connectivity index (χ3v) is 3.43. The van der Waals surface area contributed by atoms with Gasteiger partial charge in [-0.05, 0) is 24.3 Å². The van der Waals surface area contributed by atoms with Crippen LogP contribution < -0.4 is 4.74 Å². The maximum atomic E-state index is 14.0. The molecule has 0 saturated heterocycles. The van der Waals surface area contributed by atoms with Crippen molar-refractivity contribution in [3.05, 3.63) is 59.9 Å². The molecule has 0 aliphatic rings. The number of aliphatic hydroxyl groups is 1.